The Morgan fingerprint density at radius 3 is 2.35 bits per heavy atom. The maximum Gasteiger partial charge on any atom is 0.265 e. The van der Waals surface area contributed by atoms with E-state index in [1.54, 1.807) is 4.57 Å². The minimum Gasteiger partial charge on any atom is -0.383 e. The first-order chi connectivity index (χ1) is 11.2. The van der Waals surface area contributed by atoms with Gasteiger partial charge in [0.2, 0.25) is 0 Å². The SMILES string of the molecule is Nc1c(C(=O)NCc2ccccc2)sc(=S)n1-c1ccccc1. The van der Waals surface area contributed by atoms with E-state index in [9.17, 15) is 4.79 Å². The van der Waals surface area contributed by atoms with E-state index >= 15 is 0 Å². The highest BCUT2D eigenvalue weighted by Crippen LogP contribution is 2.26. The van der Waals surface area contributed by atoms with Crippen LogP contribution in [0.1, 0.15) is 15.2 Å². The van der Waals surface area contributed by atoms with Gasteiger partial charge in [-0.1, -0.05) is 59.9 Å². The molecule has 0 bridgehead atoms. The second-order valence-corrected chi connectivity index (χ2v) is 6.57. The molecule has 2 aromatic carbocycles. The Bertz CT molecular complexity index is 870. The third-order valence-electron chi connectivity index (χ3n) is 3.36. The van der Waals surface area contributed by atoms with Crippen molar-refractivity contribution in [2.24, 2.45) is 0 Å². The van der Waals surface area contributed by atoms with Crippen LogP contribution in [0.25, 0.3) is 5.69 Å². The highest BCUT2D eigenvalue weighted by atomic mass is 32.1. The topological polar surface area (TPSA) is 60.1 Å². The summed E-state index contributed by atoms with van der Waals surface area (Å²) in [6.45, 7) is 0.453. The fraction of sp³-hybridized carbons (Fsp3) is 0.0588. The number of nitrogens with two attached hydrogens (primary N) is 1. The van der Waals surface area contributed by atoms with Crippen LogP contribution in [0.3, 0.4) is 0 Å². The molecule has 0 spiro atoms. The fourth-order valence-electron chi connectivity index (χ4n) is 2.23. The van der Waals surface area contributed by atoms with Crippen molar-refractivity contribution < 1.29 is 4.79 Å². The number of hydrogen-bond donors (Lipinski definition) is 2. The molecule has 4 nitrogen and oxygen atoms in total. The number of aromatic nitrogens is 1. The lowest BCUT2D eigenvalue weighted by Crippen LogP contribution is -2.23. The van der Waals surface area contributed by atoms with E-state index in [0.717, 1.165) is 11.3 Å². The second-order valence-electron chi connectivity index (χ2n) is 4.92. The summed E-state index contributed by atoms with van der Waals surface area (Å²) in [6, 6.07) is 19.3. The summed E-state index contributed by atoms with van der Waals surface area (Å²) in [5, 5.41) is 2.88. The van der Waals surface area contributed by atoms with E-state index in [1.807, 2.05) is 60.7 Å². The molecule has 6 heteroatoms. The average molecular weight is 341 g/mol. The molecule has 3 rings (SSSR count). The molecule has 0 saturated carbocycles. The number of anilines is 1. The molecular formula is C17H15N3OS2. The van der Waals surface area contributed by atoms with Gasteiger partial charge >= 0.3 is 0 Å². The monoisotopic (exact) mass is 341 g/mol. The maximum atomic E-state index is 12.4. The quantitative estimate of drug-likeness (QED) is 0.710. The number of carbonyl (C=O) groups is 1. The van der Waals surface area contributed by atoms with Gasteiger partial charge < -0.3 is 11.1 Å². The lowest BCUT2D eigenvalue weighted by molar-refractivity contribution is 0.0955. The Kier molecular flexibility index (Phi) is 4.55. The number of carbonyl (C=O) groups excluding carboxylic acids is 1. The van der Waals surface area contributed by atoms with Crippen LogP contribution >= 0.6 is 23.6 Å². The van der Waals surface area contributed by atoms with Crippen molar-refractivity contribution >= 4 is 35.3 Å². The van der Waals surface area contributed by atoms with Crippen molar-refractivity contribution in [3.05, 3.63) is 75.1 Å². The lowest BCUT2D eigenvalue weighted by atomic mass is 10.2. The molecule has 0 aliphatic heterocycles. The Hall–Kier alpha value is -2.44. The summed E-state index contributed by atoms with van der Waals surface area (Å²) in [6.07, 6.45) is 0. The number of nitrogens with one attached hydrogen (secondary N) is 1. The number of hydrogen-bond acceptors (Lipinski definition) is 4. The predicted molar refractivity (Wildman–Crippen MR) is 96.5 cm³/mol. The molecule has 0 aliphatic rings. The van der Waals surface area contributed by atoms with Gasteiger partial charge in [-0.05, 0) is 29.9 Å². The number of amides is 1. The Morgan fingerprint density at radius 2 is 1.70 bits per heavy atom. The highest BCUT2D eigenvalue weighted by molar-refractivity contribution is 7.73. The molecule has 23 heavy (non-hydrogen) atoms. The molecular weight excluding hydrogens is 326 g/mol. The zero-order chi connectivity index (χ0) is 16.2. The molecule has 116 valence electrons. The number of thiazole rings is 1. The van der Waals surface area contributed by atoms with Crippen LogP contribution in [0.2, 0.25) is 0 Å². The Labute approximate surface area is 143 Å². The standard InChI is InChI=1S/C17H15N3OS2/c18-15-14(16(21)19-11-12-7-3-1-4-8-12)23-17(22)20(15)13-9-5-2-6-10-13/h1-10H,11,18H2,(H,19,21). The molecule has 0 radical (unpaired) electrons. The van der Waals surface area contributed by atoms with Crippen LogP contribution in [0.4, 0.5) is 5.82 Å². The first-order valence-electron chi connectivity index (χ1n) is 7.05. The van der Waals surface area contributed by atoms with Crippen LogP contribution in [0.5, 0.6) is 0 Å². The van der Waals surface area contributed by atoms with E-state index in [4.69, 9.17) is 18.0 Å². The molecule has 0 atom stereocenters. The van der Waals surface area contributed by atoms with E-state index in [-0.39, 0.29) is 5.91 Å². The van der Waals surface area contributed by atoms with Crippen molar-refractivity contribution in [3.63, 3.8) is 0 Å². The average Bonchev–Trinajstić information content (AvgIpc) is 2.89. The van der Waals surface area contributed by atoms with Crippen molar-refractivity contribution in [2.45, 2.75) is 6.54 Å². The van der Waals surface area contributed by atoms with E-state index in [0.29, 0.717) is 21.2 Å². The van der Waals surface area contributed by atoms with Crippen LogP contribution in [0, 0.1) is 3.95 Å². The normalized spacial score (nSPS) is 10.4. The first-order valence-corrected chi connectivity index (χ1v) is 8.28. The van der Waals surface area contributed by atoms with Gasteiger partial charge in [0, 0.05) is 12.2 Å². The van der Waals surface area contributed by atoms with Crippen LogP contribution in [0.15, 0.2) is 60.7 Å². The van der Waals surface area contributed by atoms with Gasteiger partial charge in [-0.2, -0.15) is 0 Å². The smallest absolute Gasteiger partial charge is 0.265 e. The Balaban J connectivity index is 1.84. The van der Waals surface area contributed by atoms with Gasteiger partial charge in [0.15, 0.2) is 3.95 Å². The largest absolute Gasteiger partial charge is 0.383 e. The minimum absolute atomic E-state index is 0.211. The van der Waals surface area contributed by atoms with Crippen molar-refractivity contribution in [1.82, 2.24) is 9.88 Å². The molecule has 1 aromatic heterocycles. The number of para-hydroxylation sites is 1. The number of nitrogens with zero attached hydrogens (tertiary/aromatic N) is 1. The molecule has 0 saturated heterocycles. The van der Waals surface area contributed by atoms with Gasteiger partial charge in [0.1, 0.15) is 10.7 Å². The van der Waals surface area contributed by atoms with Gasteiger partial charge in [-0.25, -0.2) is 0 Å². The number of nitrogen functional groups attached to an aromatic ring is 1. The summed E-state index contributed by atoms with van der Waals surface area (Å²) < 4.78 is 2.27. The van der Waals surface area contributed by atoms with E-state index in [2.05, 4.69) is 5.32 Å². The predicted octanol–water partition coefficient (Wildman–Crippen LogP) is 3.78. The molecule has 1 heterocycles. The fourth-order valence-corrected chi connectivity index (χ4v) is 3.51. The lowest BCUT2D eigenvalue weighted by Gasteiger charge is -2.07. The van der Waals surface area contributed by atoms with Gasteiger partial charge in [-0.3, -0.25) is 9.36 Å². The maximum absolute atomic E-state index is 12.4. The minimum atomic E-state index is -0.211. The number of rotatable bonds is 4. The van der Waals surface area contributed by atoms with E-state index < -0.39 is 0 Å². The second kappa shape index (κ2) is 6.76. The van der Waals surface area contributed by atoms with Gasteiger partial charge in [-0.15, -0.1) is 0 Å². The van der Waals surface area contributed by atoms with Crippen molar-refractivity contribution in [1.29, 1.82) is 0 Å². The number of benzene rings is 2. The summed E-state index contributed by atoms with van der Waals surface area (Å²) >= 11 is 6.58. The molecule has 1 amide bonds. The van der Waals surface area contributed by atoms with E-state index in [1.165, 1.54) is 11.3 Å². The van der Waals surface area contributed by atoms with Crippen molar-refractivity contribution in [3.8, 4) is 5.69 Å². The van der Waals surface area contributed by atoms with Crippen LogP contribution in [-0.2, 0) is 6.54 Å². The summed E-state index contributed by atoms with van der Waals surface area (Å²) in [4.78, 5) is 12.8. The highest BCUT2D eigenvalue weighted by Gasteiger charge is 2.17. The van der Waals surface area contributed by atoms with Crippen LogP contribution < -0.4 is 11.1 Å². The molecule has 0 fully saturated rings. The van der Waals surface area contributed by atoms with Crippen molar-refractivity contribution in [2.75, 3.05) is 5.73 Å². The first kappa shape index (κ1) is 15.5. The summed E-state index contributed by atoms with van der Waals surface area (Å²) in [5.41, 5.74) is 8.04. The van der Waals surface area contributed by atoms with Gasteiger partial charge in [0.05, 0.1) is 0 Å². The molecule has 3 aromatic rings. The zero-order valence-corrected chi connectivity index (χ0v) is 13.9. The third kappa shape index (κ3) is 3.33. The third-order valence-corrected chi connectivity index (χ3v) is 4.75. The molecule has 0 aliphatic carbocycles. The summed E-state index contributed by atoms with van der Waals surface area (Å²) in [7, 11) is 0. The molecule has 0 unspecified atom stereocenters. The Morgan fingerprint density at radius 1 is 1.09 bits per heavy atom. The van der Waals surface area contributed by atoms with Crippen LogP contribution in [-0.4, -0.2) is 10.5 Å². The van der Waals surface area contributed by atoms with Gasteiger partial charge in [0.25, 0.3) is 5.91 Å². The molecule has 3 N–H and O–H groups in total. The zero-order valence-electron chi connectivity index (χ0n) is 12.2. The summed E-state index contributed by atoms with van der Waals surface area (Å²) in [5.74, 6) is 0.161.